The van der Waals surface area contributed by atoms with Gasteiger partial charge in [-0.1, -0.05) is 60.7 Å². The van der Waals surface area contributed by atoms with Crippen molar-refractivity contribution >= 4 is 43.4 Å². The Morgan fingerprint density at radius 2 is 1.19 bits per heavy atom. The summed E-state index contributed by atoms with van der Waals surface area (Å²) in [5.41, 5.74) is 3.59. The molecule has 0 amide bonds. The second-order valence-electron chi connectivity index (χ2n) is 7.66. The van der Waals surface area contributed by atoms with Crippen LogP contribution in [0.25, 0.3) is 49.0 Å². The first-order valence-corrected chi connectivity index (χ1v) is 10.1. The molecule has 0 N–H and O–H groups in total. The topological polar surface area (TPSA) is 52.5 Å². The summed E-state index contributed by atoms with van der Waals surface area (Å²) in [7, 11) is 0. The molecule has 1 aromatic heterocycles. The van der Waals surface area contributed by atoms with Crippen LogP contribution in [0.1, 0.15) is 11.1 Å². The van der Waals surface area contributed by atoms with Crippen molar-refractivity contribution in [1.82, 2.24) is 4.57 Å². The largest absolute Gasteiger partial charge is 0.307 e. The molecule has 5 aromatic carbocycles. The number of nitriles is 2. The lowest BCUT2D eigenvalue weighted by atomic mass is 10.0. The van der Waals surface area contributed by atoms with Crippen molar-refractivity contribution in [2.24, 2.45) is 0 Å². The Hall–Kier alpha value is -4.60. The lowest BCUT2D eigenvalue weighted by molar-refractivity contribution is 1.16. The Bertz CT molecular complexity index is 1730. The van der Waals surface area contributed by atoms with E-state index in [-0.39, 0.29) is 0 Å². The van der Waals surface area contributed by atoms with Crippen LogP contribution in [0.5, 0.6) is 0 Å². The quantitative estimate of drug-likeness (QED) is 0.307. The van der Waals surface area contributed by atoms with E-state index in [1.54, 1.807) is 18.2 Å². The van der Waals surface area contributed by atoms with E-state index in [9.17, 15) is 10.5 Å². The Balaban J connectivity index is 1.94. The highest BCUT2D eigenvalue weighted by Crippen LogP contribution is 2.39. The van der Waals surface area contributed by atoms with E-state index < -0.39 is 0 Å². The van der Waals surface area contributed by atoms with Crippen molar-refractivity contribution in [3.05, 3.63) is 102 Å². The maximum Gasteiger partial charge on any atom is 0.101 e. The summed E-state index contributed by atoms with van der Waals surface area (Å²) in [5.74, 6) is 0. The van der Waals surface area contributed by atoms with Crippen LogP contribution in [-0.4, -0.2) is 4.57 Å². The summed E-state index contributed by atoms with van der Waals surface area (Å²) in [6.45, 7) is 0. The lowest BCUT2D eigenvalue weighted by Crippen LogP contribution is -2.01. The van der Waals surface area contributed by atoms with Gasteiger partial charge in [0.25, 0.3) is 0 Å². The number of aromatic nitrogens is 1. The van der Waals surface area contributed by atoms with E-state index >= 15 is 0 Å². The molecule has 3 heteroatoms. The maximum atomic E-state index is 9.85. The van der Waals surface area contributed by atoms with Crippen LogP contribution in [0.4, 0.5) is 0 Å². The fraction of sp³-hybridized carbons (Fsp3) is 0. The maximum absolute atomic E-state index is 9.85. The number of para-hydroxylation sites is 1. The van der Waals surface area contributed by atoms with Crippen LogP contribution in [0, 0.1) is 22.7 Å². The van der Waals surface area contributed by atoms with Gasteiger partial charge in [0.15, 0.2) is 0 Å². The van der Waals surface area contributed by atoms with E-state index in [1.165, 1.54) is 0 Å². The number of hydrogen-bond donors (Lipinski definition) is 0. The zero-order chi connectivity index (χ0) is 20.9. The minimum atomic E-state index is 0.485. The Morgan fingerprint density at radius 3 is 1.90 bits per heavy atom. The smallest absolute Gasteiger partial charge is 0.101 e. The van der Waals surface area contributed by atoms with Crippen LogP contribution >= 0.6 is 0 Å². The molecule has 6 aromatic rings. The second-order valence-corrected chi connectivity index (χ2v) is 7.66. The molecule has 0 aliphatic carbocycles. The molecular formula is C28H15N3. The van der Waals surface area contributed by atoms with E-state index in [0.717, 1.165) is 43.4 Å². The number of hydrogen-bond acceptors (Lipinski definition) is 2. The molecule has 0 radical (unpaired) electrons. The van der Waals surface area contributed by atoms with E-state index in [4.69, 9.17) is 0 Å². The van der Waals surface area contributed by atoms with Crippen molar-refractivity contribution in [1.29, 1.82) is 10.5 Å². The fourth-order valence-electron chi connectivity index (χ4n) is 4.68. The van der Waals surface area contributed by atoms with E-state index in [0.29, 0.717) is 16.8 Å². The minimum Gasteiger partial charge on any atom is -0.307 e. The normalized spacial score (nSPS) is 11.2. The number of benzene rings is 5. The molecule has 0 spiro atoms. The van der Waals surface area contributed by atoms with E-state index in [1.807, 2.05) is 18.2 Å². The first kappa shape index (κ1) is 17.3. The molecule has 0 unspecified atom stereocenters. The summed E-state index contributed by atoms with van der Waals surface area (Å²) in [6.07, 6.45) is 0. The molecule has 0 saturated carbocycles. The van der Waals surface area contributed by atoms with Crippen LogP contribution < -0.4 is 0 Å². The molecule has 0 atom stereocenters. The van der Waals surface area contributed by atoms with Crippen LogP contribution in [-0.2, 0) is 0 Å². The van der Waals surface area contributed by atoms with Gasteiger partial charge in [0.1, 0.15) is 12.1 Å². The monoisotopic (exact) mass is 393 g/mol. The SMILES string of the molecule is N#Cc1cccc(C#N)c1-n1c2cc3ccccc3cc2c2c3ccccc3ccc21. The van der Waals surface area contributed by atoms with Gasteiger partial charge in [-0.05, 0) is 51.9 Å². The Kier molecular flexibility index (Phi) is 3.60. The molecule has 0 aliphatic heterocycles. The first-order chi connectivity index (χ1) is 15.3. The third-order valence-corrected chi connectivity index (χ3v) is 6.02. The predicted molar refractivity (Wildman–Crippen MR) is 125 cm³/mol. The van der Waals surface area contributed by atoms with Gasteiger partial charge in [-0.3, -0.25) is 0 Å². The zero-order valence-electron chi connectivity index (χ0n) is 16.5. The third-order valence-electron chi connectivity index (χ3n) is 6.02. The average Bonchev–Trinajstić information content (AvgIpc) is 3.15. The van der Waals surface area contributed by atoms with Crippen molar-refractivity contribution < 1.29 is 0 Å². The Morgan fingerprint density at radius 1 is 0.548 bits per heavy atom. The van der Waals surface area contributed by atoms with Gasteiger partial charge in [0.2, 0.25) is 0 Å². The molecular weight excluding hydrogens is 378 g/mol. The molecule has 3 nitrogen and oxygen atoms in total. The molecule has 0 saturated heterocycles. The second kappa shape index (κ2) is 6.46. The van der Waals surface area contributed by atoms with Gasteiger partial charge >= 0.3 is 0 Å². The standard InChI is InChI=1S/C28H15N3/c29-16-21-9-5-10-22(17-30)28(21)31-25-13-12-18-6-3-4-11-23(18)27(25)24-14-19-7-1-2-8-20(19)15-26(24)31/h1-15H. The number of rotatable bonds is 1. The van der Waals surface area contributed by atoms with Gasteiger partial charge in [0, 0.05) is 10.8 Å². The fourth-order valence-corrected chi connectivity index (χ4v) is 4.68. The van der Waals surface area contributed by atoms with Gasteiger partial charge in [-0.2, -0.15) is 10.5 Å². The lowest BCUT2D eigenvalue weighted by Gasteiger charge is -2.12. The van der Waals surface area contributed by atoms with Crippen LogP contribution in [0.2, 0.25) is 0 Å². The highest BCUT2D eigenvalue weighted by atomic mass is 15.0. The molecule has 1 heterocycles. The summed E-state index contributed by atoms with van der Waals surface area (Å²) >= 11 is 0. The molecule has 31 heavy (non-hydrogen) atoms. The average molecular weight is 393 g/mol. The van der Waals surface area contributed by atoms with Crippen molar-refractivity contribution in [3.8, 4) is 17.8 Å². The highest BCUT2D eigenvalue weighted by molar-refractivity contribution is 6.23. The summed E-state index contributed by atoms with van der Waals surface area (Å²) in [6, 6.07) is 35.1. The first-order valence-electron chi connectivity index (χ1n) is 10.1. The van der Waals surface area contributed by atoms with Crippen LogP contribution in [0.3, 0.4) is 0 Å². The number of nitrogens with zero attached hydrogens (tertiary/aromatic N) is 3. The molecule has 0 bridgehead atoms. The van der Waals surface area contributed by atoms with E-state index in [2.05, 4.69) is 71.3 Å². The highest BCUT2D eigenvalue weighted by Gasteiger charge is 2.19. The molecule has 0 fully saturated rings. The minimum absolute atomic E-state index is 0.485. The van der Waals surface area contributed by atoms with Crippen LogP contribution in [0.15, 0.2) is 91.0 Å². The van der Waals surface area contributed by atoms with Crippen molar-refractivity contribution in [2.75, 3.05) is 0 Å². The van der Waals surface area contributed by atoms with Gasteiger partial charge < -0.3 is 4.57 Å². The zero-order valence-corrected chi connectivity index (χ0v) is 16.5. The molecule has 6 rings (SSSR count). The third kappa shape index (κ3) is 2.38. The predicted octanol–water partition coefficient (Wildman–Crippen LogP) is 6.83. The summed E-state index contributed by atoms with van der Waals surface area (Å²) < 4.78 is 2.08. The van der Waals surface area contributed by atoms with Gasteiger partial charge in [0.05, 0.1) is 27.8 Å². The molecule has 0 aliphatic rings. The van der Waals surface area contributed by atoms with Crippen molar-refractivity contribution in [3.63, 3.8) is 0 Å². The molecule has 142 valence electrons. The van der Waals surface area contributed by atoms with Gasteiger partial charge in [-0.25, -0.2) is 0 Å². The summed E-state index contributed by atoms with van der Waals surface area (Å²) in [4.78, 5) is 0. The summed E-state index contributed by atoms with van der Waals surface area (Å²) in [5, 5.41) is 26.6. The van der Waals surface area contributed by atoms with Crippen molar-refractivity contribution in [2.45, 2.75) is 0 Å². The number of fused-ring (bicyclic) bond motifs is 6. The van der Waals surface area contributed by atoms with Gasteiger partial charge in [-0.15, -0.1) is 0 Å². The Labute approximate surface area is 178 Å².